The van der Waals surface area contributed by atoms with Crippen molar-refractivity contribution in [1.29, 1.82) is 0 Å². The molecule has 1 fully saturated rings. The predicted octanol–water partition coefficient (Wildman–Crippen LogP) is 3.95. The van der Waals surface area contributed by atoms with Gasteiger partial charge in [-0.2, -0.15) is 0 Å². The second-order valence-electron chi connectivity index (χ2n) is 6.39. The fourth-order valence-electron chi connectivity index (χ4n) is 3.32. The lowest BCUT2D eigenvalue weighted by atomic mass is 10.1. The smallest absolute Gasteiger partial charge is 0.273 e. The summed E-state index contributed by atoms with van der Waals surface area (Å²) in [6.45, 7) is 2.52. The van der Waals surface area contributed by atoms with Crippen LogP contribution in [0.15, 0.2) is 50.9 Å². The third kappa shape index (κ3) is 3.73. The van der Waals surface area contributed by atoms with Crippen LogP contribution in [0.1, 0.15) is 41.6 Å². The van der Waals surface area contributed by atoms with Gasteiger partial charge in [0.05, 0.1) is 17.2 Å². The molecule has 1 aliphatic heterocycles. The lowest BCUT2D eigenvalue weighted by Crippen LogP contribution is -2.40. The minimum absolute atomic E-state index is 0.0397. The zero-order valence-corrected chi connectivity index (χ0v) is 15.2. The van der Waals surface area contributed by atoms with E-state index in [4.69, 9.17) is 8.94 Å². The highest BCUT2D eigenvalue weighted by molar-refractivity contribution is 7.13. The van der Waals surface area contributed by atoms with E-state index in [9.17, 15) is 4.79 Å². The molecule has 4 heterocycles. The highest BCUT2D eigenvalue weighted by atomic mass is 32.1. The molecule has 1 amide bonds. The normalized spacial score (nSPS) is 16.5. The standard InChI is InChI=1S/C19H21N3O3S/c23-19(14-12-17(25-21-14)18-7-5-11-26-18)20-13-15(16-6-4-10-24-16)22-8-2-1-3-9-22/h4-7,10-12,15H,1-3,8-9,13H2,(H,20,23)/t15-/m1/s1. The molecule has 0 bridgehead atoms. The Labute approximate surface area is 155 Å². The van der Waals surface area contributed by atoms with Crippen LogP contribution in [0.4, 0.5) is 0 Å². The van der Waals surface area contributed by atoms with Crippen molar-refractivity contribution in [3.05, 3.63) is 53.4 Å². The summed E-state index contributed by atoms with van der Waals surface area (Å²) in [6.07, 6.45) is 5.30. The van der Waals surface area contributed by atoms with Crippen molar-refractivity contribution in [1.82, 2.24) is 15.4 Å². The Morgan fingerprint density at radius 2 is 2.15 bits per heavy atom. The minimum Gasteiger partial charge on any atom is -0.468 e. The van der Waals surface area contributed by atoms with Crippen LogP contribution in [0.25, 0.3) is 10.6 Å². The van der Waals surface area contributed by atoms with E-state index in [1.165, 1.54) is 19.3 Å². The molecule has 3 aromatic rings. The van der Waals surface area contributed by atoms with Crippen molar-refractivity contribution >= 4 is 17.2 Å². The van der Waals surface area contributed by atoms with Crippen molar-refractivity contribution in [2.45, 2.75) is 25.3 Å². The second-order valence-corrected chi connectivity index (χ2v) is 7.34. The van der Waals surface area contributed by atoms with Crippen LogP contribution < -0.4 is 5.32 Å². The van der Waals surface area contributed by atoms with E-state index in [1.54, 1.807) is 23.7 Å². The zero-order chi connectivity index (χ0) is 17.8. The monoisotopic (exact) mass is 371 g/mol. The molecule has 0 radical (unpaired) electrons. The van der Waals surface area contributed by atoms with E-state index in [2.05, 4.69) is 15.4 Å². The van der Waals surface area contributed by atoms with Crippen molar-refractivity contribution < 1.29 is 13.7 Å². The fourth-order valence-corrected chi connectivity index (χ4v) is 3.99. The molecule has 0 aliphatic carbocycles. The number of rotatable bonds is 6. The van der Waals surface area contributed by atoms with Crippen LogP contribution >= 0.6 is 11.3 Å². The maximum absolute atomic E-state index is 12.5. The van der Waals surface area contributed by atoms with Gasteiger partial charge in [-0.05, 0) is 49.5 Å². The Balaban J connectivity index is 1.43. The number of thiophene rings is 1. The summed E-state index contributed by atoms with van der Waals surface area (Å²) in [7, 11) is 0. The molecule has 26 heavy (non-hydrogen) atoms. The molecule has 0 aromatic carbocycles. The molecule has 3 aromatic heterocycles. The number of amides is 1. The molecule has 1 aliphatic rings. The van der Waals surface area contributed by atoms with Crippen LogP contribution in [0.3, 0.4) is 0 Å². The van der Waals surface area contributed by atoms with Gasteiger partial charge in [0.1, 0.15) is 5.76 Å². The molecular weight excluding hydrogens is 350 g/mol. The molecule has 7 heteroatoms. The number of hydrogen-bond donors (Lipinski definition) is 1. The van der Waals surface area contributed by atoms with Gasteiger partial charge in [-0.15, -0.1) is 11.3 Å². The van der Waals surface area contributed by atoms with Gasteiger partial charge < -0.3 is 14.3 Å². The van der Waals surface area contributed by atoms with Crippen molar-refractivity contribution in [2.75, 3.05) is 19.6 Å². The highest BCUT2D eigenvalue weighted by Crippen LogP contribution is 2.26. The molecule has 1 N–H and O–H groups in total. The van der Waals surface area contributed by atoms with E-state index in [0.717, 1.165) is 23.7 Å². The third-order valence-corrected chi connectivity index (χ3v) is 5.55. The maximum atomic E-state index is 12.5. The molecular formula is C19H21N3O3S. The highest BCUT2D eigenvalue weighted by Gasteiger charge is 2.25. The van der Waals surface area contributed by atoms with Gasteiger partial charge in [0.2, 0.25) is 0 Å². The second kappa shape index (κ2) is 7.88. The Hall–Kier alpha value is -2.38. The lowest BCUT2D eigenvalue weighted by Gasteiger charge is -2.33. The van der Waals surface area contributed by atoms with Crippen molar-refractivity contribution in [3.8, 4) is 10.6 Å². The summed E-state index contributed by atoms with van der Waals surface area (Å²) in [4.78, 5) is 15.8. The van der Waals surface area contributed by atoms with Crippen molar-refractivity contribution in [3.63, 3.8) is 0 Å². The largest absolute Gasteiger partial charge is 0.468 e. The fraction of sp³-hybridized carbons (Fsp3) is 0.368. The first-order valence-electron chi connectivity index (χ1n) is 8.87. The summed E-state index contributed by atoms with van der Waals surface area (Å²) in [6, 6.07) is 9.46. The van der Waals surface area contributed by atoms with Gasteiger partial charge in [0, 0.05) is 12.6 Å². The average Bonchev–Trinajstić information content (AvgIpc) is 3.43. The summed E-state index contributed by atoms with van der Waals surface area (Å²) in [5.41, 5.74) is 0.297. The summed E-state index contributed by atoms with van der Waals surface area (Å²) >= 11 is 1.55. The van der Waals surface area contributed by atoms with Gasteiger partial charge in [0.25, 0.3) is 5.91 Å². The first kappa shape index (κ1) is 17.1. The number of nitrogens with zero attached hydrogens (tertiary/aromatic N) is 2. The molecule has 0 unspecified atom stereocenters. The predicted molar refractivity (Wildman–Crippen MR) is 99.0 cm³/mol. The van der Waals surface area contributed by atoms with Gasteiger partial charge in [-0.1, -0.05) is 17.6 Å². The van der Waals surface area contributed by atoms with E-state index in [-0.39, 0.29) is 11.9 Å². The molecule has 0 saturated carbocycles. The number of carbonyl (C=O) groups excluding carboxylic acids is 1. The third-order valence-electron chi connectivity index (χ3n) is 4.67. The number of piperidine rings is 1. The Kier molecular flexibility index (Phi) is 5.17. The maximum Gasteiger partial charge on any atom is 0.273 e. The summed E-state index contributed by atoms with van der Waals surface area (Å²) in [5.74, 6) is 1.26. The molecule has 1 saturated heterocycles. The van der Waals surface area contributed by atoms with Crippen LogP contribution in [-0.2, 0) is 0 Å². The number of nitrogens with one attached hydrogen (secondary N) is 1. The number of furan rings is 1. The van der Waals surface area contributed by atoms with Crippen LogP contribution in [-0.4, -0.2) is 35.6 Å². The molecule has 4 rings (SSSR count). The Morgan fingerprint density at radius 3 is 2.88 bits per heavy atom. The number of aromatic nitrogens is 1. The minimum atomic E-state index is -0.231. The quantitative estimate of drug-likeness (QED) is 0.710. The molecule has 0 spiro atoms. The Morgan fingerprint density at radius 1 is 1.27 bits per heavy atom. The van der Waals surface area contributed by atoms with E-state index in [1.807, 2.05) is 29.6 Å². The van der Waals surface area contributed by atoms with E-state index >= 15 is 0 Å². The van der Waals surface area contributed by atoms with E-state index in [0.29, 0.717) is 18.0 Å². The summed E-state index contributed by atoms with van der Waals surface area (Å²) in [5, 5.41) is 8.85. The Bertz CT molecular complexity index is 820. The van der Waals surface area contributed by atoms with Crippen LogP contribution in [0.5, 0.6) is 0 Å². The van der Waals surface area contributed by atoms with Gasteiger partial charge in [-0.25, -0.2) is 0 Å². The molecule has 136 valence electrons. The number of hydrogen-bond acceptors (Lipinski definition) is 6. The van der Waals surface area contributed by atoms with Gasteiger partial charge >= 0.3 is 0 Å². The lowest BCUT2D eigenvalue weighted by molar-refractivity contribution is 0.0905. The van der Waals surface area contributed by atoms with Crippen molar-refractivity contribution in [2.24, 2.45) is 0 Å². The first-order chi connectivity index (χ1) is 12.8. The zero-order valence-electron chi connectivity index (χ0n) is 14.4. The molecule has 6 nitrogen and oxygen atoms in total. The SMILES string of the molecule is O=C(NC[C@H](c1ccco1)N1CCCCC1)c1cc(-c2cccs2)on1. The van der Waals surface area contributed by atoms with Gasteiger partial charge in [0.15, 0.2) is 11.5 Å². The van der Waals surface area contributed by atoms with E-state index < -0.39 is 0 Å². The topological polar surface area (TPSA) is 71.5 Å². The van der Waals surface area contributed by atoms with Gasteiger partial charge in [-0.3, -0.25) is 9.69 Å². The molecule has 1 atom stereocenters. The number of likely N-dealkylation sites (tertiary alicyclic amines) is 1. The average molecular weight is 371 g/mol. The van der Waals surface area contributed by atoms with Crippen LogP contribution in [0, 0.1) is 0 Å². The summed E-state index contributed by atoms with van der Waals surface area (Å²) < 4.78 is 10.9. The first-order valence-corrected chi connectivity index (χ1v) is 9.75. The number of carbonyl (C=O) groups is 1. The van der Waals surface area contributed by atoms with Crippen LogP contribution in [0.2, 0.25) is 0 Å².